The highest BCUT2D eigenvalue weighted by Crippen LogP contribution is 2.32. The zero-order valence-electron chi connectivity index (χ0n) is 11.0. The van der Waals surface area contributed by atoms with Crippen molar-refractivity contribution < 1.29 is 17.9 Å². The van der Waals surface area contributed by atoms with E-state index in [1.165, 1.54) is 23.5 Å². The Kier molecular flexibility index (Phi) is 3.90. The third-order valence-electron chi connectivity index (χ3n) is 3.26. The molecule has 0 amide bonds. The topological polar surface area (TPSA) is 46.2 Å². The van der Waals surface area contributed by atoms with E-state index in [0.717, 1.165) is 31.1 Å². The first-order valence-electron chi connectivity index (χ1n) is 6.63. The molecule has 0 atom stereocenters. The number of hydrogen-bond donors (Lipinski definition) is 2. The van der Waals surface area contributed by atoms with Gasteiger partial charge in [0, 0.05) is 12.1 Å². The van der Waals surface area contributed by atoms with E-state index in [4.69, 9.17) is 0 Å². The van der Waals surface area contributed by atoms with Crippen LogP contribution in [0.5, 0.6) is 5.75 Å². The molecule has 1 fully saturated rings. The second kappa shape index (κ2) is 5.69. The maximum atomic E-state index is 12.2. The molecule has 4 nitrogen and oxygen atoms in total. The number of ether oxygens (including phenoxy) is 1. The lowest BCUT2D eigenvalue weighted by Gasteiger charge is -2.23. The molecule has 2 heterocycles. The second-order valence-corrected chi connectivity index (χ2v) is 5.90. The second-order valence-electron chi connectivity index (χ2n) is 4.86. The lowest BCUT2D eigenvalue weighted by molar-refractivity contribution is -0.274. The number of hydrogen-bond acceptors (Lipinski definition) is 5. The van der Waals surface area contributed by atoms with Crippen LogP contribution in [0, 0.1) is 0 Å². The Balaban J connectivity index is 1.76. The molecule has 1 aromatic heterocycles. The summed E-state index contributed by atoms with van der Waals surface area (Å²) in [5, 5.41) is 7.36. The van der Waals surface area contributed by atoms with Crippen LogP contribution in [-0.2, 0) is 0 Å². The van der Waals surface area contributed by atoms with Crippen molar-refractivity contribution in [3.63, 3.8) is 0 Å². The Bertz CT molecular complexity index is 623. The molecule has 2 N–H and O–H groups in total. The molecule has 0 spiro atoms. The molecule has 3 rings (SSSR count). The smallest absolute Gasteiger partial charge is 0.406 e. The Morgan fingerprint density at radius 3 is 2.76 bits per heavy atom. The predicted octanol–water partition coefficient (Wildman–Crippen LogP) is 3.36. The van der Waals surface area contributed by atoms with Crippen LogP contribution in [0.1, 0.15) is 12.8 Å². The Hall–Kier alpha value is -1.54. The maximum absolute atomic E-state index is 12.2. The first-order chi connectivity index (χ1) is 9.99. The first kappa shape index (κ1) is 14.4. The Morgan fingerprint density at radius 2 is 2.05 bits per heavy atom. The highest BCUT2D eigenvalue weighted by atomic mass is 32.1. The minimum atomic E-state index is -4.67. The third kappa shape index (κ3) is 3.76. The van der Waals surface area contributed by atoms with Crippen molar-refractivity contribution >= 4 is 26.7 Å². The highest BCUT2D eigenvalue weighted by molar-refractivity contribution is 7.22. The van der Waals surface area contributed by atoms with Gasteiger partial charge in [0.1, 0.15) is 5.75 Å². The molecule has 1 aromatic carbocycles. The van der Waals surface area contributed by atoms with Crippen molar-refractivity contribution in [1.29, 1.82) is 0 Å². The monoisotopic (exact) mass is 317 g/mol. The molecule has 0 aliphatic carbocycles. The van der Waals surface area contributed by atoms with Crippen LogP contribution in [0.3, 0.4) is 0 Å². The van der Waals surface area contributed by atoms with E-state index in [2.05, 4.69) is 20.4 Å². The lowest BCUT2D eigenvalue weighted by Crippen LogP contribution is -2.35. The lowest BCUT2D eigenvalue weighted by atomic mass is 10.1. The summed E-state index contributed by atoms with van der Waals surface area (Å²) in [6.07, 6.45) is -2.65. The summed E-state index contributed by atoms with van der Waals surface area (Å²) < 4.78 is 41.2. The summed E-state index contributed by atoms with van der Waals surface area (Å²) >= 11 is 1.34. The number of thiazole rings is 1. The van der Waals surface area contributed by atoms with E-state index in [0.29, 0.717) is 16.3 Å². The largest absolute Gasteiger partial charge is 0.573 e. The van der Waals surface area contributed by atoms with Crippen molar-refractivity contribution in [2.24, 2.45) is 0 Å². The molecule has 0 radical (unpaired) electrons. The van der Waals surface area contributed by atoms with Crippen molar-refractivity contribution in [3.05, 3.63) is 18.2 Å². The summed E-state index contributed by atoms with van der Waals surface area (Å²) in [7, 11) is 0. The number of halogens is 3. The predicted molar refractivity (Wildman–Crippen MR) is 75.8 cm³/mol. The zero-order valence-corrected chi connectivity index (χ0v) is 11.9. The average Bonchev–Trinajstić information content (AvgIpc) is 2.79. The quantitative estimate of drug-likeness (QED) is 0.911. The molecule has 2 aromatic rings. The molecule has 21 heavy (non-hydrogen) atoms. The maximum Gasteiger partial charge on any atom is 0.573 e. The standard InChI is InChI=1S/C13H14F3N3OS/c14-13(15,16)20-9-1-2-10-11(7-9)21-12(19-10)18-8-3-5-17-6-4-8/h1-2,7-8,17H,3-6H2,(H,18,19). The van der Waals surface area contributed by atoms with Gasteiger partial charge in [0.15, 0.2) is 5.13 Å². The third-order valence-corrected chi connectivity index (χ3v) is 4.21. The normalized spacial score (nSPS) is 17.1. The molecular weight excluding hydrogens is 303 g/mol. The van der Waals surface area contributed by atoms with E-state index in [9.17, 15) is 13.2 Å². The minimum Gasteiger partial charge on any atom is -0.406 e. The number of nitrogens with zero attached hydrogens (tertiary/aromatic N) is 1. The van der Waals surface area contributed by atoms with Gasteiger partial charge < -0.3 is 15.4 Å². The van der Waals surface area contributed by atoms with Crippen molar-refractivity contribution in [3.8, 4) is 5.75 Å². The van der Waals surface area contributed by atoms with Crippen LogP contribution >= 0.6 is 11.3 Å². The van der Waals surface area contributed by atoms with Crippen LogP contribution in [0.2, 0.25) is 0 Å². The molecule has 0 unspecified atom stereocenters. The van der Waals surface area contributed by atoms with Crippen molar-refractivity contribution in [2.75, 3.05) is 18.4 Å². The molecular formula is C13H14F3N3OS. The number of alkyl halides is 3. The highest BCUT2D eigenvalue weighted by Gasteiger charge is 2.31. The summed E-state index contributed by atoms with van der Waals surface area (Å²) in [5.74, 6) is -0.216. The van der Waals surface area contributed by atoms with E-state index in [1.807, 2.05) is 0 Å². The van der Waals surface area contributed by atoms with Crippen LogP contribution in [0.4, 0.5) is 18.3 Å². The zero-order chi connectivity index (χ0) is 14.9. The molecule has 114 valence electrons. The van der Waals surface area contributed by atoms with Crippen LogP contribution in [-0.4, -0.2) is 30.5 Å². The van der Waals surface area contributed by atoms with Crippen LogP contribution in [0.25, 0.3) is 10.2 Å². The Labute approximate surface area is 123 Å². The van der Waals surface area contributed by atoms with Crippen LogP contribution < -0.4 is 15.4 Å². The fourth-order valence-corrected chi connectivity index (χ4v) is 3.28. The van der Waals surface area contributed by atoms with Gasteiger partial charge in [-0.05, 0) is 38.1 Å². The van der Waals surface area contributed by atoms with Gasteiger partial charge in [-0.25, -0.2) is 4.98 Å². The van der Waals surface area contributed by atoms with Gasteiger partial charge in [0.05, 0.1) is 10.2 Å². The Morgan fingerprint density at radius 1 is 1.29 bits per heavy atom. The SMILES string of the molecule is FC(F)(F)Oc1ccc2nc(NC3CCNCC3)sc2c1. The number of aromatic nitrogens is 1. The minimum absolute atomic E-state index is 0.216. The first-order valence-corrected chi connectivity index (χ1v) is 7.45. The van der Waals surface area contributed by atoms with Gasteiger partial charge in [-0.2, -0.15) is 0 Å². The number of nitrogens with one attached hydrogen (secondary N) is 2. The summed E-state index contributed by atoms with van der Waals surface area (Å²) in [6, 6.07) is 4.55. The summed E-state index contributed by atoms with van der Waals surface area (Å²) in [6.45, 7) is 1.93. The van der Waals surface area contributed by atoms with Crippen molar-refractivity contribution in [1.82, 2.24) is 10.3 Å². The summed E-state index contributed by atoms with van der Waals surface area (Å²) in [4.78, 5) is 4.39. The van der Waals surface area contributed by atoms with Crippen molar-refractivity contribution in [2.45, 2.75) is 25.2 Å². The molecule has 1 aliphatic heterocycles. The van der Waals surface area contributed by atoms with E-state index >= 15 is 0 Å². The van der Waals surface area contributed by atoms with Gasteiger partial charge in [-0.15, -0.1) is 13.2 Å². The number of rotatable bonds is 3. The van der Waals surface area contributed by atoms with Gasteiger partial charge in [-0.1, -0.05) is 11.3 Å². The van der Waals surface area contributed by atoms with Gasteiger partial charge in [0.2, 0.25) is 0 Å². The van der Waals surface area contributed by atoms with E-state index in [1.54, 1.807) is 6.07 Å². The molecule has 1 aliphatic rings. The van der Waals surface area contributed by atoms with Crippen LogP contribution in [0.15, 0.2) is 18.2 Å². The molecule has 8 heteroatoms. The number of piperidine rings is 1. The fourth-order valence-electron chi connectivity index (χ4n) is 2.30. The van der Waals surface area contributed by atoms with E-state index in [-0.39, 0.29) is 5.75 Å². The number of benzene rings is 1. The number of anilines is 1. The van der Waals surface area contributed by atoms with Gasteiger partial charge in [0.25, 0.3) is 0 Å². The molecule has 0 bridgehead atoms. The molecule has 0 saturated carbocycles. The molecule has 1 saturated heterocycles. The van der Waals surface area contributed by atoms with Gasteiger partial charge in [-0.3, -0.25) is 0 Å². The number of fused-ring (bicyclic) bond motifs is 1. The average molecular weight is 317 g/mol. The van der Waals surface area contributed by atoms with E-state index < -0.39 is 6.36 Å². The van der Waals surface area contributed by atoms with Gasteiger partial charge >= 0.3 is 6.36 Å². The fraction of sp³-hybridized carbons (Fsp3) is 0.462. The summed E-state index contributed by atoms with van der Waals surface area (Å²) in [5.41, 5.74) is 0.672.